The fraction of sp³-hybridized carbons (Fsp3) is 0.167. The molecule has 10 heteroatoms. The summed E-state index contributed by atoms with van der Waals surface area (Å²) in [5, 5.41) is 6.92. The van der Waals surface area contributed by atoms with Crippen LogP contribution in [-0.4, -0.2) is 35.6 Å². The van der Waals surface area contributed by atoms with Gasteiger partial charge < -0.3 is 5.32 Å². The third kappa shape index (κ3) is 5.24. The molecule has 2 aromatic heterocycles. The average molecular weight is 464 g/mol. The zero-order chi connectivity index (χ0) is 20.0. The second-order valence-corrected chi connectivity index (χ2v) is 8.50. The van der Waals surface area contributed by atoms with Gasteiger partial charge in [0.2, 0.25) is 15.9 Å². The Labute approximate surface area is 171 Å². The summed E-state index contributed by atoms with van der Waals surface area (Å²) in [4.78, 5) is 16.5. The second kappa shape index (κ2) is 9.09. The van der Waals surface area contributed by atoms with Gasteiger partial charge in [0.05, 0.1) is 4.90 Å². The van der Waals surface area contributed by atoms with E-state index in [2.05, 4.69) is 36.1 Å². The summed E-state index contributed by atoms with van der Waals surface area (Å²) in [5.74, 6) is 0.359. The Morgan fingerprint density at radius 1 is 1.11 bits per heavy atom. The van der Waals surface area contributed by atoms with Crippen molar-refractivity contribution in [2.45, 2.75) is 17.9 Å². The van der Waals surface area contributed by atoms with E-state index >= 15 is 0 Å². The molecule has 146 valence electrons. The molecule has 8 nitrogen and oxygen atoms in total. The Morgan fingerprint density at radius 3 is 2.61 bits per heavy atom. The molecule has 0 bridgehead atoms. The van der Waals surface area contributed by atoms with Gasteiger partial charge in [0.25, 0.3) is 0 Å². The Kier molecular flexibility index (Phi) is 6.55. The zero-order valence-electron chi connectivity index (χ0n) is 14.7. The number of halogens is 1. The largest absolute Gasteiger partial charge is 0.352 e. The van der Waals surface area contributed by atoms with Crippen molar-refractivity contribution < 1.29 is 13.2 Å². The average Bonchev–Trinajstić information content (AvgIpc) is 3.21. The number of hydrogen-bond donors (Lipinski definition) is 2. The van der Waals surface area contributed by atoms with E-state index < -0.39 is 10.0 Å². The maximum Gasteiger partial charge on any atom is 0.240 e. The normalized spacial score (nSPS) is 11.3. The van der Waals surface area contributed by atoms with Gasteiger partial charge in [-0.3, -0.25) is 4.79 Å². The number of carbonyl (C=O) groups is 1. The number of nitrogens with one attached hydrogen (secondary N) is 2. The van der Waals surface area contributed by atoms with E-state index in [1.54, 1.807) is 47.5 Å². The molecule has 0 aliphatic carbocycles. The Morgan fingerprint density at radius 2 is 1.89 bits per heavy atom. The van der Waals surface area contributed by atoms with Crippen LogP contribution in [0.5, 0.6) is 0 Å². The monoisotopic (exact) mass is 463 g/mol. The highest BCUT2D eigenvalue weighted by molar-refractivity contribution is 9.10. The molecule has 0 saturated carbocycles. The molecular formula is C18H18BrN5O3S. The van der Waals surface area contributed by atoms with E-state index in [-0.39, 0.29) is 30.3 Å². The molecule has 0 saturated heterocycles. The molecule has 0 aliphatic heterocycles. The zero-order valence-corrected chi connectivity index (χ0v) is 17.1. The van der Waals surface area contributed by atoms with Crippen LogP contribution in [0.15, 0.2) is 70.4 Å². The fourth-order valence-corrected chi connectivity index (χ4v) is 3.74. The molecule has 2 heterocycles. The minimum atomic E-state index is -3.65. The van der Waals surface area contributed by atoms with Crippen LogP contribution in [0.1, 0.15) is 12.0 Å². The molecule has 0 spiro atoms. The lowest BCUT2D eigenvalue weighted by molar-refractivity contribution is -0.121. The van der Waals surface area contributed by atoms with Crippen LogP contribution in [-0.2, 0) is 21.4 Å². The number of amides is 1. The van der Waals surface area contributed by atoms with Crippen LogP contribution < -0.4 is 10.0 Å². The molecule has 28 heavy (non-hydrogen) atoms. The fourth-order valence-electron chi connectivity index (χ4n) is 2.45. The van der Waals surface area contributed by atoms with Gasteiger partial charge >= 0.3 is 0 Å². The molecule has 0 fully saturated rings. The van der Waals surface area contributed by atoms with Crippen molar-refractivity contribution in [3.05, 3.63) is 71.1 Å². The molecule has 0 aliphatic rings. The lowest BCUT2D eigenvalue weighted by Gasteiger charge is -2.10. The minimum Gasteiger partial charge on any atom is -0.352 e. The highest BCUT2D eigenvalue weighted by Crippen LogP contribution is 2.14. The molecule has 1 aromatic carbocycles. The first-order valence-corrected chi connectivity index (χ1v) is 10.7. The predicted octanol–water partition coefficient (Wildman–Crippen LogP) is 2.01. The lowest BCUT2D eigenvalue weighted by atomic mass is 10.2. The molecule has 3 aromatic rings. The lowest BCUT2D eigenvalue weighted by Crippen LogP contribution is -2.30. The van der Waals surface area contributed by atoms with Crippen molar-refractivity contribution in [2.24, 2.45) is 0 Å². The summed E-state index contributed by atoms with van der Waals surface area (Å²) in [6, 6.07) is 11.7. The van der Waals surface area contributed by atoms with Crippen molar-refractivity contribution in [2.75, 3.05) is 6.54 Å². The number of pyridine rings is 1. The van der Waals surface area contributed by atoms with Gasteiger partial charge in [-0.05, 0) is 36.4 Å². The van der Waals surface area contributed by atoms with E-state index in [0.29, 0.717) is 5.82 Å². The van der Waals surface area contributed by atoms with Crippen LogP contribution in [0, 0.1) is 0 Å². The van der Waals surface area contributed by atoms with Crippen molar-refractivity contribution in [1.29, 1.82) is 0 Å². The van der Waals surface area contributed by atoms with Crippen LogP contribution in [0.3, 0.4) is 0 Å². The van der Waals surface area contributed by atoms with Crippen LogP contribution >= 0.6 is 15.9 Å². The smallest absolute Gasteiger partial charge is 0.240 e. The predicted molar refractivity (Wildman–Crippen MR) is 107 cm³/mol. The summed E-state index contributed by atoms with van der Waals surface area (Å²) in [6.07, 6.45) is 5.09. The van der Waals surface area contributed by atoms with E-state index in [9.17, 15) is 13.2 Å². The number of benzene rings is 1. The number of carbonyl (C=O) groups excluding carboxylic acids is 1. The van der Waals surface area contributed by atoms with Crippen LogP contribution in [0.2, 0.25) is 0 Å². The van der Waals surface area contributed by atoms with Gasteiger partial charge in [0, 0.05) is 48.1 Å². The van der Waals surface area contributed by atoms with Crippen molar-refractivity contribution >= 4 is 31.9 Å². The summed E-state index contributed by atoms with van der Waals surface area (Å²) in [6.45, 7) is 0.268. The van der Waals surface area contributed by atoms with E-state index in [4.69, 9.17) is 0 Å². The van der Waals surface area contributed by atoms with Crippen molar-refractivity contribution in [3.63, 3.8) is 0 Å². The summed E-state index contributed by atoms with van der Waals surface area (Å²) < 4.78 is 29.2. The number of nitrogens with zero attached hydrogens (tertiary/aromatic N) is 3. The third-order valence-electron chi connectivity index (χ3n) is 3.83. The molecule has 1 amide bonds. The van der Waals surface area contributed by atoms with Gasteiger partial charge in [0.1, 0.15) is 0 Å². The highest BCUT2D eigenvalue weighted by atomic mass is 79.9. The summed E-state index contributed by atoms with van der Waals surface area (Å²) in [5.41, 5.74) is 0.801. The third-order valence-corrected chi connectivity index (χ3v) is 5.84. The Hall–Kier alpha value is -2.56. The number of hydrogen-bond acceptors (Lipinski definition) is 5. The summed E-state index contributed by atoms with van der Waals surface area (Å²) in [7, 11) is -3.65. The molecule has 3 rings (SSSR count). The van der Waals surface area contributed by atoms with Crippen molar-refractivity contribution in [3.8, 4) is 5.82 Å². The molecule has 2 N–H and O–H groups in total. The Bertz CT molecular complexity index is 1040. The molecular weight excluding hydrogens is 446 g/mol. The second-order valence-electron chi connectivity index (χ2n) is 5.82. The first kappa shape index (κ1) is 20.2. The highest BCUT2D eigenvalue weighted by Gasteiger charge is 2.14. The Balaban J connectivity index is 1.51. The minimum absolute atomic E-state index is 0.00326. The van der Waals surface area contributed by atoms with Gasteiger partial charge in [-0.25, -0.2) is 22.8 Å². The van der Waals surface area contributed by atoms with E-state index in [0.717, 1.165) is 10.0 Å². The SMILES string of the molecule is O=C(CCNS(=O)(=O)c1ccc(Br)cc1)NCc1cccnc1-n1cccn1. The maximum absolute atomic E-state index is 12.2. The first-order valence-electron chi connectivity index (χ1n) is 8.41. The van der Waals surface area contributed by atoms with Crippen LogP contribution in [0.25, 0.3) is 5.82 Å². The van der Waals surface area contributed by atoms with Crippen LogP contribution in [0.4, 0.5) is 0 Å². The van der Waals surface area contributed by atoms with Gasteiger partial charge in [-0.1, -0.05) is 22.0 Å². The molecule has 0 atom stereocenters. The van der Waals surface area contributed by atoms with E-state index in [1.165, 1.54) is 12.1 Å². The number of sulfonamides is 1. The number of rotatable bonds is 8. The number of aromatic nitrogens is 3. The molecule has 0 radical (unpaired) electrons. The maximum atomic E-state index is 12.2. The quantitative estimate of drug-likeness (QED) is 0.531. The van der Waals surface area contributed by atoms with Gasteiger partial charge in [-0.15, -0.1) is 0 Å². The van der Waals surface area contributed by atoms with E-state index in [1.807, 2.05) is 6.07 Å². The van der Waals surface area contributed by atoms with Gasteiger partial charge in [-0.2, -0.15) is 5.10 Å². The first-order chi connectivity index (χ1) is 13.5. The standard InChI is InChI=1S/C18H18BrN5O3S/c19-15-4-6-16(7-5-15)28(26,27)23-11-8-17(25)21-13-14-3-1-9-20-18(14)24-12-2-10-22-24/h1-7,9-10,12,23H,8,11,13H2,(H,21,25). The topological polar surface area (TPSA) is 106 Å². The summed E-state index contributed by atoms with van der Waals surface area (Å²) >= 11 is 3.26. The molecule has 0 unspecified atom stereocenters. The van der Waals surface area contributed by atoms with Gasteiger partial charge in [0.15, 0.2) is 5.82 Å². The van der Waals surface area contributed by atoms with Crippen molar-refractivity contribution in [1.82, 2.24) is 24.8 Å².